The second-order valence-electron chi connectivity index (χ2n) is 7.70. The topological polar surface area (TPSA) is 53.0 Å². The largest absolute Gasteiger partial charge is 0.375 e. The van der Waals surface area contributed by atoms with Gasteiger partial charge in [0.1, 0.15) is 11.1 Å². The van der Waals surface area contributed by atoms with Crippen molar-refractivity contribution in [2.45, 2.75) is 59.2 Å². The van der Waals surface area contributed by atoms with E-state index < -0.39 is 0 Å². The SMILES string of the molecule is CCNC(=NCC1CCCN(C(C)C)C1)N(C)Cc1csc(C(C)OC)n1.I. The Balaban J connectivity index is 0.00000392. The van der Waals surface area contributed by atoms with Gasteiger partial charge < -0.3 is 19.9 Å². The Labute approximate surface area is 192 Å². The van der Waals surface area contributed by atoms with E-state index in [0.717, 1.165) is 42.8 Å². The van der Waals surface area contributed by atoms with E-state index in [1.54, 1.807) is 18.4 Å². The maximum absolute atomic E-state index is 5.37. The summed E-state index contributed by atoms with van der Waals surface area (Å²) < 4.78 is 5.37. The average molecular weight is 524 g/mol. The summed E-state index contributed by atoms with van der Waals surface area (Å²) in [5.41, 5.74) is 1.07. The van der Waals surface area contributed by atoms with Gasteiger partial charge in [-0.05, 0) is 53.0 Å². The number of likely N-dealkylation sites (tertiary alicyclic amines) is 1. The standard InChI is InChI=1S/C20H37N5OS.HI/c1-7-21-20(22-11-17-9-8-10-25(12-17)15(2)3)24(5)13-18-14-27-19(23-18)16(4)26-6;/h14-17H,7-13H2,1-6H3,(H,21,22);1H. The number of hydrogen-bond donors (Lipinski definition) is 1. The lowest BCUT2D eigenvalue weighted by Crippen LogP contribution is -2.42. The van der Waals surface area contributed by atoms with Gasteiger partial charge in [-0.1, -0.05) is 0 Å². The molecule has 0 bridgehead atoms. The molecule has 2 heterocycles. The molecule has 1 N–H and O–H groups in total. The minimum Gasteiger partial charge on any atom is -0.375 e. The Morgan fingerprint density at radius 3 is 2.86 bits per heavy atom. The number of guanidine groups is 1. The molecule has 1 fully saturated rings. The number of nitrogens with zero attached hydrogens (tertiary/aromatic N) is 4. The first-order valence-electron chi connectivity index (χ1n) is 10.1. The first kappa shape index (κ1) is 25.6. The monoisotopic (exact) mass is 523 g/mol. The number of piperidine rings is 1. The summed E-state index contributed by atoms with van der Waals surface area (Å²) in [6.07, 6.45) is 2.61. The van der Waals surface area contributed by atoms with Crippen molar-refractivity contribution in [1.29, 1.82) is 0 Å². The van der Waals surface area contributed by atoms with Gasteiger partial charge in [0.2, 0.25) is 0 Å². The number of nitrogens with one attached hydrogen (secondary N) is 1. The predicted octanol–water partition coefficient (Wildman–Crippen LogP) is 3.99. The molecule has 0 amide bonds. The van der Waals surface area contributed by atoms with E-state index in [2.05, 4.69) is 48.3 Å². The van der Waals surface area contributed by atoms with Crippen LogP contribution in [0.2, 0.25) is 0 Å². The molecule has 0 aromatic carbocycles. The van der Waals surface area contributed by atoms with Crippen molar-refractivity contribution in [3.05, 3.63) is 16.1 Å². The molecule has 8 heteroatoms. The van der Waals surface area contributed by atoms with Crippen molar-refractivity contribution < 1.29 is 4.74 Å². The van der Waals surface area contributed by atoms with Crippen molar-refractivity contribution in [2.24, 2.45) is 10.9 Å². The zero-order chi connectivity index (χ0) is 19.8. The third kappa shape index (κ3) is 7.76. The van der Waals surface area contributed by atoms with Gasteiger partial charge in [0.15, 0.2) is 5.96 Å². The second-order valence-corrected chi connectivity index (χ2v) is 8.59. The minimum absolute atomic E-state index is 0. The quantitative estimate of drug-likeness (QED) is 0.318. The molecular weight excluding hydrogens is 485 g/mol. The normalized spacial score (nSPS) is 19.4. The third-order valence-corrected chi connectivity index (χ3v) is 6.20. The molecule has 6 nitrogen and oxygen atoms in total. The highest BCUT2D eigenvalue weighted by Crippen LogP contribution is 2.21. The Bertz CT molecular complexity index is 595. The number of halogens is 1. The lowest BCUT2D eigenvalue weighted by Gasteiger charge is -2.35. The fourth-order valence-corrected chi connectivity index (χ4v) is 4.24. The van der Waals surface area contributed by atoms with E-state index in [-0.39, 0.29) is 30.1 Å². The lowest BCUT2D eigenvalue weighted by atomic mass is 9.97. The zero-order valence-corrected chi connectivity index (χ0v) is 21.4. The number of aromatic nitrogens is 1. The van der Waals surface area contributed by atoms with Gasteiger partial charge in [-0.3, -0.25) is 4.99 Å². The van der Waals surface area contributed by atoms with Crippen LogP contribution in [0.25, 0.3) is 0 Å². The minimum atomic E-state index is 0. The van der Waals surface area contributed by atoms with Crippen LogP contribution in [0.3, 0.4) is 0 Å². The maximum Gasteiger partial charge on any atom is 0.194 e. The number of methoxy groups -OCH3 is 1. The lowest BCUT2D eigenvalue weighted by molar-refractivity contribution is 0.119. The van der Waals surface area contributed by atoms with Crippen LogP contribution in [0.5, 0.6) is 0 Å². The molecule has 1 aliphatic rings. The van der Waals surface area contributed by atoms with E-state index in [4.69, 9.17) is 14.7 Å². The molecule has 0 saturated carbocycles. The van der Waals surface area contributed by atoms with Crippen molar-refractivity contribution >= 4 is 41.3 Å². The van der Waals surface area contributed by atoms with Crippen LogP contribution in [-0.2, 0) is 11.3 Å². The summed E-state index contributed by atoms with van der Waals surface area (Å²) in [6.45, 7) is 13.6. The summed E-state index contributed by atoms with van der Waals surface area (Å²) in [7, 11) is 3.81. The highest BCUT2D eigenvalue weighted by molar-refractivity contribution is 14.0. The molecule has 2 rings (SSSR count). The fourth-order valence-electron chi connectivity index (χ4n) is 3.40. The van der Waals surface area contributed by atoms with Crippen LogP contribution in [-0.4, -0.2) is 67.1 Å². The highest BCUT2D eigenvalue weighted by atomic mass is 127. The Kier molecular flexibility index (Phi) is 11.9. The van der Waals surface area contributed by atoms with Crippen LogP contribution in [0, 0.1) is 5.92 Å². The smallest absolute Gasteiger partial charge is 0.194 e. The molecule has 1 saturated heterocycles. The maximum atomic E-state index is 5.37. The van der Waals surface area contributed by atoms with Crippen LogP contribution in [0.1, 0.15) is 57.3 Å². The first-order chi connectivity index (χ1) is 12.9. The summed E-state index contributed by atoms with van der Waals surface area (Å²) >= 11 is 1.66. The van der Waals surface area contributed by atoms with E-state index in [1.807, 2.05) is 6.92 Å². The van der Waals surface area contributed by atoms with Crippen molar-refractivity contribution in [3.63, 3.8) is 0 Å². The van der Waals surface area contributed by atoms with Gasteiger partial charge in [0.05, 0.1) is 12.2 Å². The molecule has 28 heavy (non-hydrogen) atoms. The highest BCUT2D eigenvalue weighted by Gasteiger charge is 2.21. The molecule has 2 atom stereocenters. The second kappa shape index (κ2) is 13.0. The summed E-state index contributed by atoms with van der Waals surface area (Å²) in [6, 6.07) is 0.626. The Morgan fingerprint density at radius 1 is 1.46 bits per heavy atom. The number of rotatable bonds is 8. The van der Waals surface area contributed by atoms with E-state index in [1.165, 1.54) is 19.4 Å². The van der Waals surface area contributed by atoms with Gasteiger partial charge in [0, 0.05) is 45.2 Å². The predicted molar refractivity (Wildman–Crippen MR) is 130 cm³/mol. The molecule has 1 aromatic heterocycles. The van der Waals surface area contributed by atoms with Gasteiger partial charge in [-0.15, -0.1) is 35.3 Å². The van der Waals surface area contributed by atoms with Crippen LogP contribution in [0.15, 0.2) is 10.4 Å². The number of thiazole rings is 1. The summed E-state index contributed by atoms with van der Waals surface area (Å²) in [4.78, 5) is 14.4. The average Bonchev–Trinajstić information content (AvgIpc) is 3.13. The third-order valence-electron chi connectivity index (χ3n) is 5.15. The molecule has 1 aliphatic heterocycles. The van der Waals surface area contributed by atoms with Crippen LogP contribution < -0.4 is 5.32 Å². The molecular formula is C20H38IN5OS. The van der Waals surface area contributed by atoms with E-state index >= 15 is 0 Å². The number of hydrogen-bond acceptors (Lipinski definition) is 5. The Morgan fingerprint density at radius 2 is 2.21 bits per heavy atom. The van der Waals surface area contributed by atoms with Gasteiger partial charge >= 0.3 is 0 Å². The van der Waals surface area contributed by atoms with E-state index in [9.17, 15) is 0 Å². The Hall–Kier alpha value is -0.450. The molecule has 0 radical (unpaired) electrons. The van der Waals surface area contributed by atoms with Crippen LogP contribution in [0.4, 0.5) is 0 Å². The summed E-state index contributed by atoms with van der Waals surface area (Å²) in [5.74, 6) is 1.62. The number of aliphatic imine (C=N–C) groups is 1. The zero-order valence-electron chi connectivity index (χ0n) is 18.3. The van der Waals surface area contributed by atoms with Gasteiger partial charge in [-0.25, -0.2) is 4.98 Å². The fraction of sp³-hybridized carbons (Fsp3) is 0.800. The molecule has 0 aliphatic carbocycles. The van der Waals surface area contributed by atoms with Gasteiger partial charge in [-0.2, -0.15) is 0 Å². The van der Waals surface area contributed by atoms with Crippen LogP contribution >= 0.6 is 35.3 Å². The van der Waals surface area contributed by atoms with Crippen molar-refractivity contribution in [2.75, 3.05) is 40.3 Å². The van der Waals surface area contributed by atoms with Gasteiger partial charge in [0.25, 0.3) is 0 Å². The number of ether oxygens (including phenoxy) is 1. The molecule has 2 unspecified atom stereocenters. The summed E-state index contributed by atoms with van der Waals surface area (Å²) in [5, 5.41) is 6.57. The molecule has 162 valence electrons. The van der Waals surface area contributed by atoms with E-state index in [0.29, 0.717) is 12.0 Å². The first-order valence-corrected chi connectivity index (χ1v) is 11.0. The molecule has 1 aromatic rings. The van der Waals surface area contributed by atoms with Crippen molar-refractivity contribution in [3.8, 4) is 0 Å². The van der Waals surface area contributed by atoms with Crippen molar-refractivity contribution in [1.82, 2.24) is 20.1 Å². The molecule has 0 spiro atoms.